The molecule has 2 aromatic carbocycles. The van der Waals surface area contributed by atoms with Gasteiger partial charge in [0.1, 0.15) is 0 Å². The summed E-state index contributed by atoms with van der Waals surface area (Å²) in [6.45, 7) is 4.31. The Balaban J connectivity index is 1.65. The number of benzene rings is 2. The fourth-order valence-corrected chi connectivity index (χ4v) is 5.64. The molecule has 8 heteroatoms. The molecule has 3 aromatic rings. The van der Waals surface area contributed by atoms with Gasteiger partial charge in [0.15, 0.2) is 0 Å². The zero-order chi connectivity index (χ0) is 24.7. The van der Waals surface area contributed by atoms with Crippen molar-refractivity contribution in [3.05, 3.63) is 111 Å². The summed E-state index contributed by atoms with van der Waals surface area (Å²) in [6, 6.07) is 16.8. The van der Waals surface area contributed by atoms with E-state index in [0.29, 0.717) is 24.1 Å². The molecule has 0 saturated carbocycles. The molecule has 1 aliphatic carbocycles. The molecule has 2 atom stereocenters. The second kappa shape index (κ2) is 8.75. The highest BCUT2D eigenvalue weighted by molar-refractivity contribution is 7.10. The van der Waals surface area contributed by atoms with Crippen molar-refractivity contribution in [1.29, 1.82) is 5.26 Å². The quantitative estimate of drug-likeness (QED) is 0.418. The van der Waals surface area contributed by atoms with Gasteiger partial charge in [-0.25, -0.2) is 4.79 Å². The number of allylic oxidation sites excluding steroid dienone is 1. The molecule has 0 radical (unpaired) electrons. The molecule has 4 nitrogen and oxygen atoms in total. The standard InChI is InChI=1S/C27H20F3N3OS/c1-16-12-19(23-6-3-11-35-23)13-22-24(16)25(18-9-7-17(15-31)8-10-18)32-26(34)33(22)21-5-2-4-20(14-21)27(28,29)30/h2-11,14,19,25H,1,12-13H2,(H,32,34). The Morgan fingerprint density at radius 1 is 1.09 bits per heavy atom. The SMILES string of the molecule is C=C1CC(c2cccs2)CC2=C1C(c1ccc(C#N)cc1)NC(=O)N2c1cccc(C(F)(F)F)c1. The van der Waals surface area contributed by atoms with Crippen LogP contribution in [0.5, 0.6) is 0 Å². The Bertz CT molecular complexity index is 1370. The van der Waals surface area contributed by atoms with Crippen LogP contribution in [0.1, 0.15) is 46.4 Å². The number of hydrogen-bond donors (Lipinski definition) is 1. The lowest BCUT2D eigenvalue weighted by Gasteiger charge is -2.42. The van der Waals surface area contributed by atoms with Crippen molar-refractivity contribution in [2.75, 3.05) is 4.90 Å². The first kappa shape index (κ1) is 22.9. The van der Waals surface area contributed by atoms with Gasteiger partial charge in [0, 0.05) is 22.1 Å². The number of halogens is 3. The van der Waals surface area contributed by atoms with Crippen LogP contribution < -0.4 is 10.2 Å². The van der Waals surface area contributed by atoms with E-state index in [2.05, 4.69) is 18.0 Å². The van der Waals surface area contributed by atoms with Crippen molar-refractivity contribution in [3.8, 4) is 6.07 Å². The van der Waals surface area contributed by atoms with E-state index in [1.807, 2.05) is 17.5 Å². The Morgan fingerprint density at radius 3 is 2.51 bits per heavy atom. The van der Waals surface area contributed by atoms with Gasteiger partial charge in [-0.2, -0.15) is 18.4 Å². The van der Waals surface area contributed by atoms with Crippen molar-refractivity contribution in [1.82, 2.24) is 5.32 Å². The summed E-state index contributed by atoms with van der Waals surface area (Å²) in [5.41, 5.74) is 2.90. The molecule has 0 bridgehead atoms. The lowest BCUT2D eigenvalue weighted by atomic mass is 9.77. The molecular weight excluding hydrogens is 471 g/mol. The third-order valence-corrected chi connectivity index (χ3v) is 7.44. The third-order valence-electron chi connectivity index (χ3n) is 6.40. The average Bonchev–Trinajstić information content (AvgIpc) is 3.38. The number of hydrogen-bond acceptors (Lipinski definition) is 3. The molecule has 1 N–H and O–H groups in total. The monoisotopic (exact) mass is 491 g/mol. The van der Waals surface area contributed by atoms with E-state index in [9.17, 15) is 18.0 Å². The molecule has 0 saturated heterocycles. The van der Waals surface area contributed by atoms with Gasteiger partial charge in [0.2, 0.25) is 0 Å². The van der Waals surface area contributed by atoms with E-state index in [1.165, 1.54) is 17.0 Å². The Hall–Kier alpha value is -3.83. The molecule has 35 heavy (non-hydrogen) atoms. The van der Waals surface area contributed by atoms with Gasteiger partial charge < -0.3 is 5.32 Å². The third kappa shape index (κ3) is 4.24. The van der Waals surface area contributed by atoms with Crippen molar-refractivity contribution < 1.29 is 18.0 Å². The molecule has 5 rings (SSSR count). The van der Waals surface area contributed by atoms with E-state index in [4.69, 9.17) is 5.26 Å². The predicted molar refractivity (Wildman–Crippen MR) is 129 cm³/mol. The second-order valence-electron chi connectivity index (χ2n) is 8.58. The van der Waals surface area contributed by atoms with Gasteiger partial charge in [-0.3, -0.25) is 4.90 Å². The number of nitrogens with zero attached hydrogens (tertiary/aromatic N) is 2. The minimum absolute atomic E-state index is 0.0714. The van der Waals surface area contributed by atoms with Crippen LogP contribution >= 0.6 is 11.3 Å². The number of amides is 2. The minimum Gasteiger partial charge on any atom is -0.326 e. The number of carbonyl (C=O) groups is 1. The van der Waals surface area contributed by atoms with Gasteiger partial charge in [-0.1, -0.05) is 30.8 Å². The number of rotatable bonds is 3. The number of nitrogens with one attached hydrogen (secondary N) is 1. The maximum atomic E-state index is 13.5. The topological polar surface area (TPSA) is 56.1 Å². The van der Waals surface area contributed by atoms with Crippen LogP contribution in [-0.4, -0.2) is 6.03 Å². The van der Waals surface area contributed by atoms with Gasteiger partial charge in [-0.05, 0) is 65.8 Å². The van der Waals surface area contributed by atoms with Crippen LogP contribution in [0.2, 0.25) is 0 Å². The second-order valence-corrected chi connectivity index (χ2v) is 9.56. The first-order valence-corrected chi connectivity index (χ1v) is 11.9. The van der Waals surface area contributed by atoms with Gasteiger partial charge in [0.25, 0.3) is 0 Å². The molecule has 0 fully saturated rings. The Kier molecular flexibility index (Phi) is 5.73. The number of anilines is 1. The minimum atomic E-state index is -4.53. The highest BCUT2D eigenvalue weighted by Crippen LogP contribution is 2.48. The Morgan fingerprint density at radius 2 is 1.86 bits per heavy atom. The number of alkyl halides is 3. The van der Waals surface area contributed by atoms with Crippen molar-refractivity contribution in [2.24, 2.45) is 0 Å². The lowest BCUT2D eigenvalue weighted by Crippen LogP contribution is -2.48. The fraction of sp³-hybridized carbons (Fsp3) is 0.185. The summed E-state index contributed by atoms with van der Waals surface area (Å²) < 4.78 is 40.4. The molecule has 0 spiro atoms. The van der Waals surface area contributed by atoms with Gasteiger partial charge >= 0.3 is 12.2 Å². The molecule has 2 heterocycles. The number of nitriles is 1. The fourth-order valence-electron chi connectivity index (χ4n) is 4.81. The molecule has 2 aliphatic rings. The van der Waals surface area contributed by atoms with E-state index in [-0.39, 0.29) is 11.6 Å². The lowest BCUT2D eigenvalue weighted by molar-refractivity contribution is -0.137. The molecule has 176 valence electrons. The summed E-state index contributed by atoms with van der Waals surface area (Å²) in [5, 5.41) is 14.1. The van der Waals surface area contributed by atoms with E-state index >= 15 is 0 Å². The normalized spacial score (nSPS) is 20.3. The number of carbonyl (C=O) groups excluding carboxylic acids is 1. The van der Waals surface area contributed by atoms with Gasteiger partial charge in [-0.15, -0.1) is 11.3 Å². The maximum absolute atomic E-state index is 13.5. The highest BCUT2D eigenvalue weighted by atomic mass is 32.1. The molecule has 1 aromatic heterocycles. The maximum Gasteiger partial charge on any atom is 0.416 e. The first-order valence-electron chi connectivity index (χ1n) is 11.0. The zero-order valence-corrected chi connectivity index (χ0v) is 19.3. The van der Waals surface area contributed by atoms with Crippen LogP contribution in [0.4, 0.5) is 23.7 Å². The Labute approximate surface area is 204 Å². The summed E-state index contributed by atoms with van der Waals surface area (Å²) in [5.74, 6) is 0.0714. The van der Waals surface area contributed by atoms with Crippen LogP contribution in [0.3, 0.4) is 0 Å². The van der Waals surface area contributed by atoms with E-state index < -0.39 is 23.8 Å². The summed E-state index contributed by atoms with van der Waals surface area (Å²) >= 11 is 1.61. The number of urea groups is 1. The summed E-state index contributed by atoms with van der Waals surface area (Å²) in [7, 11) is 0. The van der Waals surface area contributed by atoms with Crippen molar-refractivity contribution in [2.45, 2.75) is 31.0 Å². The predicted octanol–water partition coefficient (Wildman–Crippen LogP) is 7.30. The highest BCUT2D eigenvalue weighted by Gasteiger charge is 2.41. The molecule has 2 amide bonds. The van der Waals surface area contributed by atoms with Crippen LogP contribution in [0.25, 0.3) is 0 Å². The van der Waals surface area contributed by atoms with Crippen molar-refractivity contribution in [3.63, 3.8) is 0 Å². The molecular formula is C27H20F3N3OS. The summed E-state index contributed by atoms with van der Waals surface area (Å²) in [4.78, 5) is 15.9. The van der Waals surface area contributed by atoms with Crippen LogP contribution in [-0.2, 0) is 6.18 Å². The number of thiophene rings is 1. The average molecular weight is 492 g/mol. The van der Waals surface area contributed by atoms with E-state index in [0.717, 1.165) is 33.7 Å². The largest absolute Gasteiger partial charge is 0.416 e. The van der Waals surface area contributed by atoms with Crippen LogP contribution in [0.15, 0.2) is 89.5 Å². The first-order chi connectivity index (χ1) is 16.8. The summed E-state index contributed by atoms with van der Waals surface area (Å²) in [6.07, 6.45) is -3.36. The molecule has 1 aliphatic heterocycles. The zero-order valence-electron chi connectivity index (χ0n) is 18.5. The molecule has 2 unspecified atom stereocenters. The van der Waals surface area contributed by atoms with E-state index in [1.54, 1.807) is 35.6 Å². The smallest absolute Gasteiger partial charge is 0.326 e. The van der Waals surface area contributed by atoms with Crippen LogP contribution in [0, 0.1) is 11.3 Å². The van der Waals surface area contributed by atoms with Gasteiger partial charge in [0.05, 0.1) is 28.9 Å². The van der Waals surface area contributed by atoms with Crippen molar-refractivity contribution >= 4 is 23.1 Å².